The standard InChI is InChI=1S/C23H15IO2/c24-21-19(16-10-4-1-5-11-16)20(17-12-6-2-7-13-17)22(26-23(21)25)18-14-8-3-9-15-18/h1-15H. The maximum atomic E-state index is 12.6. The van der Waals surface area contributed by atoms with E-state index in [1.165, 1.54) is 0 Å². The fourth-order valence-corrected chi connectivity index (χ4v) is 3.75. The highest BCUT2D eigenvalue weighted by Crippen LogP contribution is 2.40. The molecule has 26 heavy (non-hydrogen) atoms. The Balaban J connectivity index is 2.14. The lowest BCUT2D eigenvalue weighted by Gasteiger charge is -2.16. The molecule has 0 atom stereocenters. The second kappa shape index (κ2) is 7.30. The monoisotopic (exact) mass is 450 g/mol. The van der Waals surface area contributed by atoms with E-state index < -0.39 is 0 Å². The third-order valence-corrected chi connectivity index (χ3v) is 5.21. The van der Waals surface area contributed by atoms with E-state index in [4.69, 9.17) is 4.42 Å². The van der Waals surface area contributed by atoms with E-state index in [1.807, 2.05) is 91.0 Å². The van der Waals surface area contributed by atoms with Crippen LogP contribution in [0.4, 0.5) is 0 Å². The molecule has 0 saturated heterocycles. The molecule has 0 radical (unpaired) electrons. The molecule has 4 aromatic rings. The average molecular weight is 450 g/mol. The lowest BCUT2D eigenvalue weighted by Crippen LogP contribution is -2.08. The first-order chi connectivity index (χ1) is 12.8. The maximum Gasteiger partial charge on any atom is 0.350 e. The Morgan fingerprint density at radius 2 is 1.00 bits per heavy atom. The summed E-state index contributed by atoms with van der Waals surface area (Å²) in [6.07, 6.45) is 0. The lowest BCUT2D eigenvalue weighted by molar-refractivity contribution is 0.523. The zero-order valence-corrected chi connectivity index (χ0v) is 16.0. The molecule has 0 fully saturated rings. The van der Waals surface area contributed by atoms with Crippen LogP contribution in [0.2, 0.25) is 0 Å². The van der Waals surface area contributed by atoms with E-state index in [0.717, 1.165) is 27.8 Å². The fraction of sp³-hybridized carbons (Fsp3) is 0. The van der Waals surface area contributed by atoms with Crippen LogP contribution in [0.5, 0.6) is 0 Å². The predicted molar refractivity (Wildman–Crippen MR) is 114 cm³/mol. The smallest absolute Gasteiger partial charge is 0.350 e. The average Bonchev–Trinajstić information content (AvgIpc) is 2.71. The zero-order valence-electron chi connectivity index (χ0n) is 13.9. The Hall–Kier alpha value is -2.66. The van der Waals surface area contributed by atoms with Gasteiger partial charge in [-0.1, -0.05) is 91.0 Å². The van der Waals surface area contributed by atoms with Crippen LogP contribution in [0.15, 0.2) is 100 Å². The molecular weight excluding hydrogens is 435 g/mol. The molecule has 3 heteroatoms. The van der Waals surface area contributed by atoms with Gasteiger partial charge in [0.05, 0.1) is 0 Å². The predicted octanol–water partition coefficient (Wildman–Crippen LogP) is 6.25. The molecule has 0 aliphatic carbocycles. The maximum absolute atomic E-state index is 12.6. The summed E-state index contributed by atoms with van der Waals surface area (Å²) in [4.78, 5) is 12.6. The molecule has 0 saturated carbocycles. The van der Waals surface area contributed by atoms with Crippen LogP contribution in [-0.4, -0.2) is 0 Å². The Kier molecular flexibility index (Phi) is 4.71. The van der Waals surface area contributed by atoms with Crippen LogP contribution >= 0.6 is 22.6 Å². The van der Waals surface area contributed by atoms with Crippen molar-refractivity contribution < 1.29 is 4.42 Å². The summed E-state index contributed by atoms with van der Waals surface area (Å²) in [5.41, 5.74) is 4.44. The van der Waals surface area contributed by atoms with E-state index in [1.54, 1.807) is 0 Å². The summed E-state index contributed by atoms with van der Waals surface area (Å²) in [5.74, 6) is 0.598. The molecule has 0 unspecified atom stereocenters. The molecule has 0 aliphatic heterocycles. The minimum absolute atomic E-state index is 0.317. The van der Waals surface area contributed by atoms with Gasteiger partial charge >= 0.3 is 5.63 Å². The van der Waals surface area contributed by atoms with Crippen molar-refractivity contribution in [3.8, 4) is 33.6 Å². The van der Waals surface area contributed by atoms with Gasteiger partial charge in [0.2, 0.25) is 0 Å². The Morgan fingerprint density at radius 1 is 0.577 bits per heavy atom. The molecule has 1 heterocycles. The first kappa shape index (κ1) is 16.8. The normalized spacial score (nSPS) is 10.7. The summed E-state index contributed by atoms with van der Waals surface area (Å²) < 4.78 is 6.37. The van der Waals surface area contributed by atoms with Gasteiger partial charge in [-0.25, -0.2) is 4.79 Å². The van der Waals surface area contributed by atoms with Crippen LogP contribution in [0.1, 0.15) is 0 Å². The topological polar surface area (TPSA) is 30.2 Å². The van der Waals surface area contributed by atoms with Gasteiger partial charge in [0.1, 0.15) is 9.33 Å². The van der Waals surface area contributed by atoms with Gasteiger partial charge in [0.15, 0.2) is 0 Å². The first-order valence-corrected chi connectivity index (χ1v) is 9.36. The van der Waals surface area contributed by atoms with Gasteiger partial charge in [-0.2, -0.15) is 0 Å². The van der Waals surface area contributed by atoms with Gasteiger partial charge in [-0.3, -0.25) is 0 Å². The quantitative estimate of drug-likeness (QED) is 0.346. The van der Waals surface area contributed by atoms with Crippen molar-refractivity contribution in [1.29, 1.82) is 0 Å². The van der Waals surface area contributed by atoms with E-state index >= 15 is 0 Å². The van der Waals surface area contributed by atoms with E-state index in [0.29, 0.717) is 9.33 Å². The van der Waals surface area contributed by atoms with Gasteiger partial charge in [0, 0.05) is 16.7 Å². The highest BCUT2D eigenvalue weighted by Gasteiger charge is 2.21. The number of halogens is 1. The van der Waals surface area contributed by atoms with Crippen molar-refractivity contribution in [1.82, 2.24) is 0 Å². The summed E-state index contributed by atoms with van der Waals surface area (Å²) in [6.45, 7) is 0. The van der Waals surface area contributed by atoms with Crippen LogP contribution in [0, 0.1) is 3.57 Å². The molecule has 1 aromatic heterocycles. The molecular formula is C23H15IO2. The van der Waals surface area contributed by atoms with E-state index in [-0.39, 0.29) is 5.63 Å². The summed E-state index contributed by atoms with van der Waals surface area (Å²) >= 11 is 2.09. The summed E-state index contributed by atoms with van der Waals surface area (Å²) in [6, 6.07) is 29.8. The van der Waals surface area contributed by atoms with Crippen molar-refractivity contribution in [3.63, 3.8) is 0 Å². The van der Waals surface area contributed by atoms with Crippen molar-refractivity contribution in [2.45, 2.75) is 0 Å². The minimum Gasteiger partial charge on any atom is -0.421 e. The van der Waals surface area contributed by atoms with Crippen LogP contribution in [0.3, 0.4) is 0 Å². The molecule has 2 nitrogen and oxygen atoms in total. The first-order valence-electron chi connectivity index (χ1n) is 8.28. The van der Waals surface area contributed by atoms with Crippen LogP contribution in [-0.2, 0) is 0 Å². The molecule has 4 rings (SSSR count). The Bertz CT molecular complexity index is 1090. The Morgan fingerprint density at radius 3 is 1.50 bits per heavy atom. The molecule has 0 N–H and O–H groups in total. The van der Waals surface area contributed by atoms with Gasteiger partial charge in [0.25, 0.3) is 0 Å². The highest BCUT2D eigenvalue weighted by atomic mass is 127. The third kappa shape index (κ3) is 3.10. The molecule has 0 spiro atoms. The fourth-order valence-electron chi connectivity index (χ4n) is 3.06. The van der Waals surface area contributed by atoms with Gasteiger partial charge < -0.3 is 4.42 Å². The van der Waals surface area contributed by atoms with E-state index in [9.17, 15) is 4.79 Å². The summed E-state index contributed by atoms with van der Waals surface area (Å²) in [5, 5.41) is 0. The lowest BCUT2D eigenvalue weighted by atomic mass is 9.92. The van der Waals surface area contributed by atoms with Crippen molar-refractivity contribution in [2.24, 2.45) is 0 Å². The highest BCUT2D eigenvalue weighted by molar-refractivity contribution is 14.1. The third-order valence-electron chi connectivity index (χ3n) is 4.23. The molecule has 3 aromatic carbocycles. The Labute approximate surface area is 165 Å². The van der Waals surface area contributed by atoms with Crippen molar-refractivity contribution >= 4 is 22.6 Å². The second-order valence-corrected chi connectivity index (χ2v) is 6.96. The van der Waals surface area contributed by atoms with Crippen LogP contribution in [0.25, 0.3) is 33.6 Å². The number of benzene rings is 3. The largest absolute Gasteiger partial charge is 0.421 e. The van der Waals surface area contributed by atoms with Gasteiger partial charge in [-0.05, 0) is 33.7 Å². The van der Waals surface area contributed by atoms with Crippen molar-refractivity contribution in [2.75, 3.05) is 0 Å². The number of hydrogen-bond acceptors (Lipinski definition) is 2. The second-order valence-electron chi connectivity index (χ2n) is 5.88. The number of rotatable bonds is 3. The molecule has 0 amide bonds. The van der Waals surface area contributed by atoms with Crippen LogP contribution < -0.4 is 5.63 Å². The molecule has 0 aliphatic rings. The molecule has 126 valence electrons. The molecule has 0 bridgehead atoms. The van der Waals surface area contributed by atoms with Gasteiger partial charge in [-0.15, -0.1) is 0 Å². The summed E-state index contributed by atoms with van der Waals surface area (Å²) in [7, 11) is 0. The SMILES string of the molecule is O=c1oc(-c2ccccc2)c(-c2ccccc2)c(-c2ccccc2)c1I. The van der Waals surface area contributed by atoms with Crippen molar-refractivity contribution in [3.05, 3.63) is 105 Å². The minimum atomic E-state index is -0.317. The van der Waals surface area contributed by atoms with E-state index in [2.05, 4.69) is 22.6 Å². The zero-order chi connectivity index (χ0) is 17.9. The number of hydrogen-bond donors (Lipinski definition) is 0.